The van der Waals surface area contributed by atoms with Crippen molar-refractivity contribution in [3.8, 4) is 11.6 Å². The molecule has 4 nitrogen and oxygen atoms in total. The van der Waals surface area contributed by atoms with Crippen molar-refractivity contribution in [2.75, 3.05) is 5.73 Å². The van der Waals surface area contributed by atoms with Gasteiger partial charge in [0.15, 0.2) is 11.6 Å². The first-order valence-electron chi connectivity index (χ1n) is 4.78. The smallest absolute Gasteiger partial charge is 0.224 e. The highest BCUT2D eigenvalue weighted by Crippen LogP contribution is 2.24. The SMILES string of the molecule is Cc1cc(Oc2ccc(F)cc2F)nc(N)n1. The Hall–Kier alpha value is -2.24. The van der Waals surface area contributed by atoms with Crippen LogP contribution < -0.4 is 10.5 Å². The number of aryl methyl sites for hydroxylation is 1. The molecular formula is C11H9F2N3O. The number of hydrogen-bond acceptors (Lipinski definition) is 4. The van der Waals surface area contributed by atoms with Crippen LogP contribution in [0.3, 0.4) is 0 Å². The van der Waals surface area contributed by atoms with Crippen LogP contribution in [0.1, 0.15) is 5.69 Å². The minimum absolute atomic E-state index is 0.0301. The van der Waals surface area contributed by atoms with Gasteiger partial charge in [0.2, 0.25) is 11.8 Å². The molecule has 0 spiro atoms. The van der Waals surface area contributed by atoms with E-state index in [9.17, 15) is 8.78 Å². The number of anilines is 1. The predicted octanol–water partition coefficient (Wildman–Crippen LogP) is 2.44. The number of halogens is 2. The number of nitrogen functional groups attached to an aromatic ring is 1. The van der Waals surface area contributed by atoms with E-state index in [0.29, 0.717) is 5.69 Å². The Morgan fingerprint density at radius 1 is 1.18 bits per heavy atom. The van der Waals surface area contributed by atoms with Gasteiger partial charge in [-0.2, -0.15) is 4.98 Å². The summed E-state index contributed by atoms with van der Waals surface area (Å²) < 4.78 is 31.1. The first-order valence-corrected chi connectivity index (χ1v) is 4.78. The third-order valence-electron chi connectivity index (χ3n) is 1.96. The molecule has 0 saturated heterocycles. The van der Waals surface area contributed by atoms with Gasteiger partial charge in [-0.1, -0.05) is 0 Å². The average molecular weight is 237 g/mol. The maximum Gasteiger partial charge on any atom is 0.224 e. The minimum atomic E-state index is -0.806. The molecule has 1 heterocycles. The van der Waals surface area contributed by atoms with Crippen LogP contribution in [0, 0.1) is 18.6 Å². The van der Waals surface area contributed by atoms with Crippen molar-refractivity contribution in [3.05, 3.63) is 41.6 Å². The Morgan fingerprint density at radius 2 is 1.94 bits per heavy atom. The summed E-state index contributed by atoms with van der Waals surface area (Å²) in [6.07, 6.45) is 0. The van der Waals surface area contributed by atoms with Crippen LogP contribution in [0.4, 0.5) is 14.7 Å². The first-order chi connectivity index (χ1) is 8.04. The van der Waals surface area contributed by atoms with E-state index in [1.807, 2.05) is 0 Å². The molecule has 0 saturated carbocycles. The Morgan fingerprint density at radius 3 is 2.59 bits per heavy atom. The highest BCUT2D eigenvalue weighted by atomic mass is 19.1. The molecule has 0 fully saturated rings. The van der Waals surface area contributed by atoms with Crippen molar-refractivity contribution in [1.29, 1.82) is 0 Å². The third-order valence-corrected chi connectivity index (χ3v) is 1.96. The van der Waals surface area contributed by atoms with Gasteiger partial charge in [-0.05, 0) is 19.1 Å². The number of benzene rings is 1. The summed E-state index contributed by atoms with van der Waals surface area (Å²) in [6.45, 7) is 1.70. The van der Waals surface area contributed by atoms with Crippen LogP contribution in [-0.2, 0) is 0 Å². The summed E-state index contributed by atoms with van der Waals surface area (Å²) >= 11 is 0. The van der Waals surface area contributed by atoms with Gasteiger partial charge in [0, 0.05) is 17.8 Å². The number of ether oxygens (including phenoxy) is 1. The van der Waals surface area contributed by atoms with Gasteiger partial charge in [-0.3, -0.25) is 0 Å². The zero-order chi connectivity index (χ0) is 12.4. The van der Waals surface area contributed by atoms with Gasteiger partial charge in [-0.15, -0.1) is 0 Å². The lowest BCUT2D eigenvalue weighted by atomic mass is 10.3. The number of nitrogens with two attached hydrogens (primary N) is 1. The molecule has 17 heavy (non-hydrogen) atoms. The maximum atomic E-state index is 13.3. The molecular weight excluding hydrogens is 228 g/mol. The average Bonchev–Trinajstić information content (AvgIpc) is 2.21. The van der Waals surface area contributed by atoms with Gasteiger partial charge >= 0.3 is 0 Å². The molecule has 88 valence electrons. The number of hydrogen-bond donors (Lipinski definition) is 1. The highest BCUT2D eigenvalue weighted by molar-refractivity contribution is 5.32. The van der Waals surface area contributed by atoms with E-state index in [4.69, 9.17) is 10.5 Å². The normalized spacial score (nSPS) is 10.3. The van der Waals surface area contributed by atoms with Crippen molar-refractivity contribution >= 4 is 5.95 Å². The van der Waals surface area contributed by atoms with Crippen LogP contribution in [0.5, 0.6) is 11.6 Å². The van der Waals surface area contributed by atoms with E-state index in [0.717, 1.165) is 12.1 Å². The largest absolute Gasteiger partial charge is 0.436 e. The summed E-state index contributed by atoms with van der Waals surface area (Å²) in [7, 11) is 0. The topological polar surface area (TPSA) is 61.0 Å². The molecule has 2 N–H and O–H groups in total. The number of rotatable bonds is 2. The molecule has 1 aromatic heterocycles. The standard InChI is InChI=1S/C11H9F2N3O/c1-6-4-10(16-11(14)15-6)17-9-3-2-7(12)5-8(9)13/h2-5H,1H3,(H2,14,15,16). The van der Waals surface area contributed by atoms with E-state index in [1.165, 1.54) is 12.1 Å². The Bertz CT molecular complexity index is 540. The quantitative estimate of drug-likeness (QED) is 0.871. The fourth-order valence-corrected chi connectivity index (χ4v) is 1.28. The van der Waals surface area contributed by atoms with Crippen LogP contribution in [0.2, 0.25) is 0 Å². The lowest BCUT2D eigenvalue weighted by Gasteiger charge is -2.06. The molecule has 2 aromatic rings. The van der Waals surface area contributed by atoms with Crippen LogP contribution >= 0.6 is 0 Å². The molecule has 0 unspecified atom stereocenters. The van der Waals surface area contributed by atoms with Crippen LogP contribution in [0.15, 0.2) is 24.3 Å². The van der Waals surface area contributed by atoms with E-state index in [2.05, 4.69) is 9.97 Å². The zero-order valence-electron chi connectivity index (χ0n) is 8.95. The summed E-state index contributed by atoms with van der Waals surface area (Å²) in [4.78, 5) is 7.62. The van der Waals surface area contributed by atoms with E-state index < -0.39 is 11.6 Å². The zero-order valence-corrected chi connectivity index (χ0v) is 8.95. The second-order valence-electron chi connectivity index (χ2n) is 3.38. The minimum Gasteiger partial charge on any atom is -0.436 e. The molecule has 6 heteroatoms. The second kappa shape index (κ2) is 4.32. The summed E-state index contributed by atoms with van der Waals surface area (Å²) in [5.74, 6) is -1.46. The van der Waals surface area contributed by atoms with Gasteiger partial charge in [-0.25, -0.2) is 13.8 Å². The van der Waals surface area contributed by atoms with Crippen molar-refractivity contribution < 1.29 is 13.5 Å². The summed E-state index contributed by atoms with van der Waals surface area (Å²) in [5, 5.41) is 0. The second-order valence-corrected chi connectivity index (χ2v) is 3.38. The molecule has 0 aliphatic carbocycles. The fraction of sp³-hybridized carbons (Fsp3) is 0.0909. The van der Waals surface area contributed by atoms with Crippen molar-refractivity contribution in [2.45, 2.75) is 6.92 Å². The van der Waals surface area contributed by atoms with E-state index in [1.54, 1.807) is 6.92 Å². The fourth-order valence-electron chi connectivity index (χ4n) is 1.28. The predicted molar refractivity (Wildman–Crippen MR) is 57.6 cm³/mol. The summed E-state index contributed by atoms with van der Waals surface area (Å²) in [5.41, 5.74) is 6.01. The maximum absolute atomic E-state index is 13.3. The van der Waals surface area contributed by atoms with Crippen molar-refractivity contribution in [1.82, 2.24) is 9.97 Å². The van der Waals surface area contributed by atoms with Crippen LogP contribution in [0.25, 0.3) is 0 Å². The Labute approximate surface area is 96.1 Å². The first kappa shape index (κ1) is 11.3. The van der Waals surface area contributed by atoms with Gasteiger partial charge in [0.05, 0.1) is 0 Å². The highest BCUT2D eigenvalue weighted by Gasteiger charge is 2.08. The lowest BCUT2D eigenvalue weighted by Crippen LogP contribution is -1.99. The third kappa shape index (κ3) is 2.66. The monoisotopic (exact) mass is 237 g/mol. The molecule has 0 amide bonds. The van der Waals surface area contributed by atoms with Crippen LogP contribution in [-0.4, -0.2) is 9.97 Å². The van der Waals surface area contributed by atoms with Gasteiger partial charge in [0.25, 0.3) is 0 Å². The Balaban J connectivity index is 2.31. The molecule has 0 radical (unpaired) electrons. The molecule has 0 aliphatic rings. The van der Waals surface area contributed by atoms with Gasteiger partial charge < -0.3 is 10.5 Å². The summed E-state index contributed by atoms with van der Waals surface area (Å²) in [6, 6.07) is 4.50. The number of nitrogens with zero attached hydrogens (tertiary/aromatic N) is 2. The van der Waals surface area contributed by atoms with Crippen molar-refractivity contribution in [2.24, 2.45) is 0 Å². The van der Waals surface area contributed by atoms with E-state index in [-0.39, 0.29) is 17.6 Å². The van der Waals surface area contributed by atoms with Crippen molar-refractivity contribution in [3.63, 3.8) is 0 Å². The van der Waals surface area contributed by atoms with E-state index >= 15 is 0 Å². The lowest BCUT2D eigenvalue weighted by molar-refractivity contribution is 0.423. The molecule has 0 bridgehead atoms. The van der Waals surface area contributed by atoms with Gasteiger partial charge in [0.1, 0.15) is 5.82 Å². The Kier molecular flexibility index (Phi) is 2.86. The number of aromatic nitrogens is 2. The molecule has 0 aliphatic heterocycles. The molecule has 0 atom stereocenters. The molecule has 1 aromatic carbocycles. The molecule has 2 rings (SSSR count).